The topological polar surface area (TPSA) is 192 Å². The lowest BCUT2D eigenvalue weighted by atomic mass is 9.83. The number of nitrogens with zero attached hydrogens (tertiary/aromatic N) is 1. The molecule has 14 nitrogen and oxygen atoms in total. The van der Waals surface area contributed by atoms with Crippen LogP contribution in [0, 0.1) is 23.7 Å². The molecule has 0 aliphatic heterocycles. The lowest BCUT2D eigenvalue weighted by molar-refractivity contribution is -0.141. The molecule has 0 aromatic heterocycles. The summed E-state index contributed by atoms with van der Waals surface area (Å²) in [6.07, 6.45) is 7.87. The smallest absolute Gasteiger partial charge is 0.407 e. The van der Waals surface area contributed by atoms with Gasteiger partial charge >= 0.3 is 6.09 Å². The summed E-state index contributed by atoms with van der Waals surface area (Å²) in [6, 6.07) is 4.65. The van der Waals surface area contributed by atoms with Gasteiger partial charge in [0.15, 0.2) is 0 Å². The Labute approximate surface area is 306 Å². The summed E-state index contributed by atoms with van der Waals surface area (Å²) in [4.78, 5) is 93.8. The van der Waals surface area contributed by atoms with Crippen molar-refractivity contribution < 1.29 is 38.3 Å². The Hall–Kier alpha value is -4.49. The van der Waals surface area contributed by atoms with Gasteiger partial charge in [-0.15, -0.1) is 0 Å². The van der Waals surface area contributed by atoms with E-state index in [1.807, 2.05) is 13.8 Å². The largest absolute Gasteiger partial charge is 0.449 e. The predicted octanol–water partition coefficient (Wildman–Crippen LogP) is 2.52. The maximum absolute atomic E-state index is 13.8. The molecule has 286 valence electrons. The molecule has 5 N–H and O–H groups in total. The Morgan fingerprint density at radius 2 is 1.35 bits per heavy atom. The Balaban J connectivity index is 1.39. The number of rotatable bonds is 19. The van der Waals surface area contributed by atoms with Gasteiger partial charge in [-0.2, -0.15) is 0 Å². The maximum atomic E-state index is 13.8. The SMILES string of the molecule is CC(C)COC(=O)N[C@H](C(=O)N[C@@H](CC1CC1)C(=O)NC(CC1CC1)C(=O)C(=O)NCC(=O)N[C@H](C(=O)N(C)C)c1ccccc1)C1CCCCC1. The van der Waals surface area contributed by atoms with Crippen LogP contribution in [0.4, 0.5) is 4.79 Å². The molecule has 3 saturated carbocycles. The van der Waals surface area contributed by atoms with Gasteiger partial charge in [0.05, 0.1) is 19.2 Å². The van der Waals surface area contributed by atoms with E-state index in [2.05, 4.69) is 26.6 Å². The molecule has 1 unspecified atom stereocenters. The first-order valence-electron chi connectivity index (χ1n) is 18.7. The van der Waals surface area contributed by atoms with Crippen LogP contribution in [0.5, 0.6) is 0 Å². The first-order valence-corrected chi connectivity index (χ1v) is 18.7. The molecule has 1 aromatic carbocycles. The van der Waals surface area contributed by atoms with Crippen molar-refractivity contribution in [3.05, 3.63) is 35.9 Å². The number of likely N-dealkylation sites (N-methyl/N-ethyl adjacent to an activating group) is 1. The standard InChI is InChI=1S/C38H56N6O8/c1-23(2)22-52-38(51)43-31(26-11-7-5-8-12-26)35(48)41-29(20-25-17-18-25)34(47)40-28(19-24-15-16-24)33(46)36(49)39-21-30(45)42-32(37(50)44(3)4)27-13-9-6-10-14-27/h6,9-10,13-14,23-26,28-29,31-32H,5,7-8,11-12,15-22H2,1-4H3,(H,39,49)(H,40,47)(H,41,48)(H,42,45)(H,43,51)/t28?,29-,31-,32-/m0/s1. The third-order valence-electron chi connectivity index (χ3n) is 9.78. The van der Waals surface area contributed by atoms with Crippen LogP contribution in [0.1, 0.15) is 96.1 Å². The molecule has 52 heavy (non-hydrogen) atoms. The monoisotopic (exact) mass is 724 g/mol. The highest BCUT2D eigenvalue weighted by Crippen LogP contribution is 2.35. The van der Waals surface area contributed by atoms with E-state index in [9.17, 15) is 33.6 Å². The zero-order chi connectivity index (χ0) is 37.8. The van der Waals surface area contributed by atoms with E-state index in [1.54, 1.807) is 44.4 Å². The number of amides is 6. The van der Waals surface area contributed by atoms with Crippen LogP contribution in [0.15, 0.2) is 30.3 Å². The minimum atomic E-state index is -1.16. The molecule has 3 aliphatic carbocycles. The molecule has 6 amide bonds. The second-order valence-corrected chi connectivity index (χ2v) is 15.2. The van der Waals surface area contributed by atoms with E-state index < -0.39 is 66.2 Å². The van der Waals surface area contributed by atoms with Crippen molar-refractivity contribution >= 4 is 41.4 Å². The molecular formula is C38H56N6O8. The average Bonchev–Trinajstić information content (AvgIpc) is 4.08. The number of carbonyl (C=O) groups is 7. The van der Waals surface area contributed by atoms with Gasteiger partial charge in [-0.25, -0.2) is 4.79 Å². The van der Waals surface area contributed by atoms with Gasteiger partial charge in [-0.05, 0) is 54.9 Å². The van der Waals surface area contributed by atoms with Gasteiger partial charge in [0, 0.05) is 14.1 Å². The minimum absolute atomic E-state index is 0.112. The van der Waals surface area contributed by atoms with E-state index in [-0.39, 0.29) is 42.6 Å². The highest BCUT2D eigenvalue weighted by Gasteiger charge is 2.39. The summed E-state index contributed by atoms with van der Waals surface area (Å²) in [5.41, 5.74) is 0.559. The lowest BCUT2D eigenvalue weighted by Crippen LogP contribution is -2.58. The van der Waals surface area contributed by atoms with Gasteiger partial charge in [0.25, 0.3) is 5.91 Å². The van der Waals surface area contributed by atoms with Gasteiger partial charge in [-0.1, -0.05) is 89.1 Å². The van der Waals surface area contributed by atoms with E-state index in [0.29, 0.717) is 12.0 Å². The van der Waals surface area contributed by atoms with Crippen LogP contribution >= 0.6 is 0 Å². The molecule has 0 saturated heterocycles. The van der Waals surface area contributed by atoms with Crippen molar-refractivity contribution in [1.29, 1.82) is 0 Å². The van der Waals surface area contributed by atoms with Gasteiger partial charge in [0.1, 0.15) is 18.1 Å². The fourth-order valence-electron chi connectivity index (χ4n) is 6.46. The molecule has 0 spiro atoms. The van der Waals surface area contributed by atoms with Crippen molar-refractivity contribution in [2.75, 3.05) is 27.2 Å². The Bertz CT molecular complexity index is 1420. The van der Waals surface area contributed by atoms with Crippen molar-refractivity contribution in [2.24, 2.45) is 23.7 Å². The third-order valence-corrected chi connectivity index (χ3v) is 9.78. The highest BCUT2D eigenvalue weighted by molar-refractivity contribution is 6.38. The summed E-state index contributed by atoms with van der Waals surface area (Å²) in [5, 5.41) is 13.3. The van der Waals surface area contributed by atoms with E-state index in [1.165, 1.54) is 4.90 Å². The van der Waals surface area contributed by atoms with Crippen molar-refractivity contribution in [1.82, 2.24) is 31.5 Å². The van der Waals surface area contributed by atoms with Crippen molar-refractivity contribution in [3.8, 4) is 0 Å². The summed E-state index contributed by atoms with van der Waals surface area (Å²) in [7, 11) is 3.13. The first kappa shape index (κ1) is 40.3. The quantitative estimate of drug-likeness (QED) is 0.134. The van der Waals surface area contributed by atoms with Crippen LogP contribution in [-0.4, -0.2) is 91.7 Å². The molecule has 14 heteroatoms. The lowest BCUT2D eigenvalue weighted by Gasteiger charge is -2.31. The van der Waals surface area contributed by atoms with Crippen molar-refractivity contribution in [2.45, 2.75) is 109 Å². The highest BCUT2D eigenvalue weighted by atomic mass is 16.5. The number of nitrogens with one attached hydrogen (secondary N) is 5. The van der Waals surface area contributed by atoms with E-state index in [0.717, 1.165) is 57.8 Å². The third kappa shape index (κ3) is 12.9. The number of Topliss-reactive ketones (excluding diaryl/α,β-unsaturated/α-hetero) is 1. The Kier molecular flexibility index (Phi) is 15.0. The molecule has 3 aliphatic rings. The molecular weight excluding hydrogens is 668 g/mol. The average molecular weight is 725 g/mol. The minimum Gasteiger partial charge on any atom is -0.449 e. The van der Waals surface area contributed by atoms with Gasteiger partial charge in [-0.3, -0.25) is 28.8 Å². The zero-order valence-electron chi connectivity index (χ0n) is 30.9. The fraction of sp³-hybridized carbons (Fsp3) is 0.658. The molecule has 4 atom stereocenters. The second kappa shape index (κ2) is 19.4. The zero-order valence-corrected chi connectivity index (χ0v) is 30.9. The molecule has 1 aromatic rings. The number of hydrogen-bond acceptors (Lipinski definition) is 8. The maximum Gasteiger partial charge on any atom is 0.407 e. The normalized spacial score (nSPS) is 18.2. The first-order chi connectivity index (χ1) is 24.8. The second-order valence-electron chi connectivity index (χ2n) is 15.2. The molecule has 0 bridgehead atoms. The summed E-state index contributed by atoms with van der Waals surface area (Å²) in [6.45, 7) is 3.48. The number of ether oxygens (including phenoxy) is 1. The van der Waals surface area contributed by atoms with Gasteiger partial charge < -0.3 is 36.2 Å². The van der Waals surface area contributed by atoms with Crippen LogP contribution in [-0.2, 0) is 33.5 Å². The van der Waals surface area contributed by atoms with Crippen LogP contribution in [0.25, 0.3) is 0 Å². The Morgan fingerprint density at radius 3 is 1.92 bits per heavy atom. The van der Waals surface area contributed by atoms with E-state index in [4.69, 9.17) is 4.74 Å². The number of benzene rings is 1. The summed E-state index contributed by atoms with van der Waals surface area (Å²) in [5.74, 6) is -3.65. The van der Waals surface area contributed by atoms with Crippen LogP contribution in [0.3, 0.4) is 0 Å². The number of hydrogen-bond donors (Lipinski definition) is 5. The van der Waals surface area contributed by atoms with Crippen LogP contribution < -0.4 is 26.6 Å². The Morgan fingerprint density at radius 1 is 0.750 bits per heavy atom. The molecule has 4 rings (SSSR count). The fourth-order valence-corrected chi connectivity index (χ4v) is 6.46. The number of carbonyl (C=O) groups excluding carboxylic acids is 7. The van der Waals surface area contributed by atoms with Gasteiger partial charge in [0.2, 0.25) is 29.4 Å². The number of ketones is 1. The van der Waals surface area contributed by atoms with E-state index >= 15 is 0 Å². The molecule has 0 radical (unpaired) electrons. The summed E-state index contributed by atoms with van der Waals surface area (Å²) >= 11 is 0. The predicted molar refractivity (Wildman–Crippen MR) is 192 cm³/mol. The van der Waals surface area contributed by atoms with Crippen molar-refractivity contribution in [3.63, 3.8) is 0 Å². The van der Waals surface area contributed by atoms with Crippen LogP contribution in [0.2, 0.25) is 0 Å². The summed E-state index contributed by atoms with van der Waals surface area (Å²) < 4.78 is 5.31. The molecule has 0 heterocycles. The number of alkyl carbamates (subject to hydrolysis) is 1. The molecule has 3 fully saturated rings.